The Labute approximate surface area is 83.8 Å². The zero-order valence-corrected chi connectivity index (χ0v) is 8.53. The van der Waals surface area contributed by atoms with Crippen LogP contribution in [-0.2, 0) is 17.0 Å². The van der Waals surface area contributed by atoms with Crippen LogP contribution in [0.4, 0.5) is 0 Å². The van der Waals surface area contributed by atoms with Crippen molar-refractivity contribution in [3.63, 3.8) is 0 Å². The molecule has 1 aromatic carbocycles. The number of rotatable bonds is 1. The van der Waals surface area contributed by atoms with Crippen LogP contribution < -0.4 is 0 Å². The van der Waals surface area contributed by atoms with Crippen molar-refractivity contribution < 1.29 is 10.1 Å². The molecule has 1 N–H and O–H groups in total. The van der Waals surface area contributed by atoms with Gasteiger partial charge < -0.3 is 0 Å². The number of benzene rings is 1. The van der Waals surface area contributed by atoms with Crippen molar-refractivity contribution in [2.24, 2.45) is 0 Å². The van der Waals surface area contributed by atoms with Crippen LogP contribution in [0.2, 0.25) is 0 Å². The van der Waals surface area contributed by atoms with Crippen molar-refractivity contribution in [3.05, 3.63) is 35.4 Å². The Balaban J connectivity index is 2.52. The summed E-state index contributed by atoms with van der Waals surface area (Å²) in [6, 6.07) is 8.07. The lowest BCUT2D eigenvalue weighted by Crippen LogP contribution is -2.47. The topological polar surface area (TPSA) is 32.7 Å². The van der Waals surface area contributed by atoms with Crippen molar-refractivity contribution in [2.45, 2.75) is 19.1 Å². The molecule has 0 aliphatic carbocycles. The molecule has 0 spiro atoms. The van der Waals surface area contributed by atoms with Gasteiger partial charge in [0.15, 0.2) is 5.72 Å². The fourth-order valence-electron chi connectivity index (χ4n) is 2.02. The van der Waals surface area contributed by atoms with Gasteiger partial charge in [-0.25, -0.2) is 10.1 Å². The summed E-state index contributed by atoms with van der Waals surface area (Å²) in [7, 11) is 1.95. The van der Waals surface area contributed by atoms with Crippen molar-refractivity contribution in [1.29, 1.82) is 0 Å². The summed E-state index contributed by atoms with van der Waals surface area (Å²) in [5, 5.41) is 9.03. The number of hydrogen-bond acceptors (Lipinski definition) is 3. The van der Waals surface area contributed by atoms with Crippen molar-refractivity contribution in [1.82, 2.24) is 4.90 Å². The van der Waals surface area contributed by atoms with Gasteiger partial charge in [-0.15, -0.1) is 0 Å². The molecule has 2 rings (SSSR count). The normalized spacial score (nSPS) is 27.4. The van der Waals surface area contributed by atoms with Gasteiger partial charge in [0.25, 0.3) is 0 Å². The fourth-order valence-corrected chi connectivity index (χ4v) is 2.02. The molecule has 0 saturated carbocycles. The first-order valence-corrected chi connectivity index (χ1v) is 4.80. The van der Waals surface area contributed by atoms with Gasteiger partial charge in [-0.3, -0.25) is 4.90 Å². The summed E-state index contributed by atoms with van der Waals surface area (Å²) in [6.45, 7) is 2.78. The van der Waals surface area contributed by atoms with E-state index in [4.69, 9.17) is 5.26 Å². The van der Waals surface area contributed by atoms with Gasteiger partial charge in [-0.1, -0.05) is 24.3 Å². The molecule has 0 bridgehead atoms. The minimum Gasteiger partial charge on any atom is -0.272 e. The van der Waals surface area contributed by atoms with Gasteiger partial charge in [-0.05, 0) is 26.0 Å². The molecular formula is C11H15NO2. The standard InChI is InChI=1S/C11H15NO2/c1-11(14-13)10-6-4-3-5-9(10)7-8-12(11)2/h3-6,13H,7-8H2,1-2H3. The highest BCUT2D eigenvalue weighted by molar-refractivity contribution is 5.33. The number of likely N-dealkylation sites (N-methyl/N-ethyl adjacent to an activating group) is 1. The molecule has 0 radical (unpaired) electrons. The van der Waals surface area contributed by atoms with E-state index in [1.807, 2.05) is 37.1 Å². The quantitative estimate of drug-likeness (QED) is 0.545. The highest BCUT2D eigenvalue weighted by Gasteiger charge is 2.37. The van der Waals surface area contributed by atoms with Gasteiger partial charge >= 0.3 is 0 Å². The lowest BCUT2D eigenvalue weighted by Gasteiger charge is -2.40. The van der Waals surface area contributed by atoms with Crippen molar-refractivity contribution >= 4 is 0 Å². The predicted molar refractivity (Wildman–Crippen MR) is 53.8 cm³/mol. The summed E-state index contributed by atoms with van der Waals surface area (Å²) >= 11 is 0. The van der Waals surface area contributed by atoms with E-state index in [9.17, 15) is 0 Å². The Hall–Kier alpha value is -0.900. The molecule has 1 heterocycles. The number of hydrogen-bond donors (Lipinski definition) is 1. The molecule has 1 unspecified atom stereocenters. The van der Waals surface area contributed by atoms with Gasteiger partial charge in [-0.2, -0.15) is 0 Å². The van der Waals surface area contributed by atoms with Gasteiger partial charge in [0.1, 0.15) is 0 Å². The smallest absolute Gasteiger partial charge is 0.179 e. The van der Waals surface area contributed by atoms with Crippen LogP contribution >= 0.6 is 0 Å². The SMILES string of the molecule is CN1CCc2ccccc2C1(C)OO. The van der Waals surface area contributed by atoms with E-state index in [1.54, 1.807) is 0 Å². The average molecular weight is 193 g/mol. The summed E-state index contributed by atoms with van der Waals surface area (Å²) < 4.78 is 0. The minimum absolute atomic E-state index is 0.700. The molecule has 14 heavy (non-hydrogen) atoms. The Bertz CT molecular complexity index is 340. The van der Waals surface area contributed by atoms with E-state index in [2.05, 4.69) is 11.0 Å². The molecule has 1 aliphatic heterocycles. The largest absolute Gasteiger partial charge is 0.272 e. The molecule has 76 valence electrons. The van der Waals surface area contributed by atoms with Gasteiger partial charge in [0.2, 0.25) is 0 Å². The van der Waals surface area contributed by atoms with E-state index in [0.717, 1.165) is 18.5 Å². The predicted octanol–water partition coefficient (Wildman–Crippen LogP) is 1.84. The van der Waals surface area contributed by atoms with E-state index in [1.165, 1.54) is 5.56 Å². The van der Waals surface area contributed by atoms with Crippen LogP contribution in [0.25, 0.3) is 0 Å². The summed E-state index contributed by atoms with van der Waals surface area (Å²) in [5.74, 6) is 0. The molecule has 1 aromatic rings. The first kappa shape index (κ1) is 9.65. The van der Waals surface area contributed by atoms with E-state index in [0.29, 0.717) is 0 Å². The fraction of sp³-hybridized carbons (Fsp3) is 0.455. The second-order valence-corrected chi connectivity index (χ2v) is 3.90. The summed E-state index contributed by atoms with van der Waals surface area (Å²) in [6.07, 6.45) is 1.01. The summed E-state index contributed by atoms with van der Waals surface area (Å²) in [5.41, 5.74) is 1.60. The maximum absolute atomic E-state index is 9.03. The highest BCUT2D eigenvalue weighted by atomic mass is 17.1. The van der Waals surface area contributed by atoms with E-state index >= 15 is 0 Å². The van der Waals surface area contributed by atoms with Crippen LogP contribution in [0.5, 0.6) is 0 Å². The average Bonchev–Trinajstić information content (AvgIpc) is 2.24. The Kier molecular flexibility index (Phi) is 2.31. The van der Waals surface area contributed by atoms with Crippen molar-refractivity contribution in [3.8, 4) is 0 Å². The number of nitrogens with zero attached hydrogens (tertiary/aromatic N) is 1. The first-order valence-electron chi connectivity index (χ1n) is 4.80. The van der Waals surface area contributed by atoms with Crippen LogP contribution in [0.15, 0.2) is 24.3 Å². The Morgan fingerprint density at radius 1 is 1.43 bits per heavy atom. The second-order valence-electron chi connectivity index (χ2n) is 3.90. The maximum atomic E-state index is 9.03. The number of fused-ring (bicyclic) bond motifs is 1. The monoisotopic (exact) mass is 193 g/mol. The van der Waals surface area contributed by atoms with Crippen LogP contribution in [-0.4, -0.2) is 23.7 Å². The third kappa shape index (κ3) is 1.25. The molecule has 1 atom stereocenters. The second kappa shape index (κ2) is 3.35. The molecule has 0 saturated heterocycles. The lowest BCUT2D eigenvalue weighted by molar-refractivity contribution is -0.366. The first-order chi connectivity index (χ1) is 6.68. The molecular weight excluding hydrogens is 178 g/mol. The lowest BCUT2D eigenvalue weighted by atomic mass is 9.91. The van der Waals surface area contributed by atoms with Gasteiger partial charge in [0.05, 0.1) is 0 Å². The highest BCUT2D eigenvalue weighted by Crippen LogP contribution is 2.34. The van der Waals surface area contributed by atoms with Crippen molar-refractivity contribution in [2.75, 3.05) is 13.6 Å². The minimum atomic E-state index is -0.700. The Morgan fingerprint density at radius 2 is 2.14 bits per heavy atom. The molecule has 0 amide bonds. The van der Waals surface area contributed by atoms with E-state index in [-0.39, 0.29) is 0 Å². The van der Waals surface area contributed by atoms with Crippen LogP contribution in [0, 0.1) is 0 Å². The third-order valence-electron chi connectivity index (χ3n) is 3.14. The van der Waals surface area contributed by atoms with Crippen LogP contribution in [0.1, 0.15) is 18.1 Å². The zero-order chi connectivity index (χ0) is 10.2. The molecule has 0 fully saturated rings. The molecule has 1 aliphatic rings. The summed E-state index contributed by atoms with van der Waals surface area (Å²) in [4.78, 5) is 6.65. The molecule has 0 aromatic heterocycles. The van der Waals surface area contributed by atoms with Crippen LogP contribution in [0.3, 0.4) is 0 Å². The van der Waals surface area contributed by atoms with E-state index < -0.39 is 5.72 Å². The molecule has 3 nitrogen and oxygen atoms in total. The third-order valence-corrected chi connectivity index (χ3v) is 3.14. The molecule has 3 heteroatoms. The Morgan fingerprint density at radius 3 is 2.86 bits per heavy atom. The maximum Gasteiger partial charge on any atom is 0.179 e. The van der Waals surface area contributed by atoms with Gasteiger partial charge in [0, 0.05) is 12.1 Å². The zero-order valence-electron chi connectivity index (χ0n) is 8.53.